The molecule has 1 unspecified atom stereocenters. The minimum Gasteiger partial charge on any atom is -0.363 e. The number of allylic oxidation sites excluding steroid dienone is 4. The Morgan fingerprint density at radius 1 is 1.16 bits per heavy atom. The van der Waals surface area contributed by atoms with Crippen molar-refractivity contribution in [2.24, 2.45) is 0 Å². The normalized spacial score (nSPS) is 22.8. The molecule has 3 heterocycles. The Labute approximate surface area is 151 Å². The van der Waals surface area contributed by atoms with Gasteiger partial charge in [0.2, 0.25) is 6.41 Å². The zero-order valence-electron chi connectivity index (χ0n) is 13.8. The zero-order chi connectivity index (χ0) is 17.2. The first-order valence-electron chi connectivity index (χ1n) is 8.43. The van der Waals surface area contributed by atoms with Gasteiger partial charge in [0.15, 0.2) is 0 Å². The fourth-order valence-corrected chi connectivity index (χ4v) is 3.40. The summed E-state index contributed by atoms with van der Waals surface area (Å²) >= 11 is 6.05. The van der Waals surface area contributed by atoms with Crippen LogP contribution in [0.2, 0.25) is 0 Å². The van der Waals surface area contributed by atoms with Crippen molar-refractivity contribution < 1.29 is 4.79 Å². The Hall–Kier alpha value is -2.47. The molecule has 1 aromatic heterocycles. The Bertz CT molecular complexity index is 747. The standard InChI is InChI=1S/C18H20ClN5O/c19-14-2-4-15-16(5-3-14)22-18(21-15)13-1-6-17(20-11-13)24-9-7-23(12-25)8-10-24/h1-4,6,11-12,18,21-22H,5,7-10H2. The van der Waals surface area contributed by atoms with E-state index in [2.05, 4.69) is 26.6 Å². The monoisotopic (exact) mass is 357 g/mol. The number of carbonyl (C=O) groups excluding carboxylic acids is 1. The number of anilines is 1. The van der Waals surface area contributed by atoms with Crippen LogP contribution in [0.25, 0.3) is 0 Å². The average molecular weight is 358 g/mol. The summed E-state index contributed by atoms with van der Waals surface area (Å²) in [5.41, 5.74) is 3.31. The van der Waals surface area contributed by atoms with Gasteiger partial charge in [-0.05, 0) is 24.3 Å². The van der Waals surface area contributed by atoms with Crippen molar-refractivity contribution in [2.45, 2.75) is 12.6 Å². The summed E-state index contributed by atoms with van der Waals surface area (Å²) < 4.78 is 0. The van der Waals surface area contributed by atoms with Crippen LogP contribution in [-0.2, 0) is 4.79 Å². The Balaban J connectivity index is 1.41. The second kappa shape index (κ2) is 6.80. The predicted molar refractivity (Wildman–Crippen MR) is 97.8 cm³/mol. The third-order valence-electron chi connectivity index (χ3n) is 4.75. The summed E-state index contributed by atoms with van der Waals surface area (Å²) in [7, 11) is 0. The highest BCUT2D eigenvalue weighted by Crippen LogP contribution is 2.27. The summed E-state index contributed by atoms with van der Waals surface area (Å²) in [5, 5.41) is 7.73. The third-order valence-corrected chi connectivity index (χ3v) is 5.03. The molecule has 1 fully saturated rings. The van der Waals surface area contributed by atoms with E-state index >= 15 is 0 Å². The first-order chi connectivity index (χ1) is 12.2. The van der Waals surface area contributed by atoms with E-state index in [-0.39, 0.29) is 6.17 Å². The van der Waals surface area contributed by atoms with Crippen LogP contribution in [0.3, 0.4) is 0 Å². The van der Waals surface area contributed by atoms with E-state index in [0.717, 1.165) is 66.8 Å². The summed E-state index contributed by atoms with van der Waals surface area (Å²) in [6, 6.07) is 4.14. The number of hydrogen-bond acceptors (Lipinski definition) is 5. The number of pyridine rings is 1. The lowest BCUT2D eigenvalue weighted by Crippen LogP contribution is -2.46. The van der Waals surface area contributed by atoms with Crippen LogP contribution in [0.5, 0.6) is 0 Å². The number of nitrogens with one attached hydrogen (secondary N) is 2. The molecule has 2 N–H and O–H groups in total. The second-order valence-electron chi connectivity index (χ2n) is 6.32. The SMILES string of the molecule is O=CN1CCN(c2ccc(C3NC4=C(CC=C(Cl)C=C4)N3)cn2)CC1. The maximum absolute atomic E-state index is 10.8. The van der Waals surface area contributed by atoms with Gasteiger partial charge in [-0.15, -0.1) is 0 Å². The maximum Gasteiger partial charge on any atom is 0.209 e. The number of carbonyl (C=O) groups is 1. The molecule has 1 aromatic rings. The lowest BCUT2D eigenvalue weighted by Gasteiger charge is -2.33. The number of rotatable bonds is 3. The van der Waals surface area contributed by atoms with Gasteiger partial charge >= 0.3 is 0 Å². The molecule has 6 nitrogen and oxygen atoms in total. The molecule has 0 radical (unpaired) electrons. The van der Waals surface area contributed by atoms with Gasteiger partial charge in [-0.3, -0.25) is 4.79 Å². The van der Waals surface area contributed by atoms with Gasteiger partial charge in [-0.2, -0.15) is 0 Å². The number of hydrogen-bond donors (Lipinski definition) is 2. The van der Waals surface area contributed by atoms with Gasteiger partial charge < -0.3 is 20.4 Å². The van der Waals surface area contributed by atoms with Crippen LogP contribution in [0.1, 0.15) is 18.2 Å². The molecular weight excluding hydrogens is 338 g/mol. The number of piperazine rings is 1. The van der Waals surface area contributed by atoms with Crippen molar-refractivity contribution in [1.29, 1.82) is 0 Å². The fourth-order valence-electron chi connectivity index (χ4n) is 3.26. The number of amides is 1. The molecule has 1 amide bonds. The van der Waals surface area contributed by atoms with Crippen LogP contribution in [0, 0.1) is 0 Å². The highest BCUT2D eigenvalue weighted by molar-refractivity contribution is 6.31. The van der Waals surface area contributed by atoms with Gasteiger partial charge in [-0.25, -0.2) is 4.98 Å². The average Bonchev–Trinajstić information content (AvgIpc) is 3.00. The quantitative estimate of drug-likeness (QED) is 0.808. The molecule has 0 aromatic carbocycles. The van der Waals surface area contributed by atoms with E-state index in [9.17, 15) is 4.79 Å². The number of halogens is 1. The highest BCUT2D eigenvalue weighted by Gasteiger charge is 2.23. The van der Waals surface area contributed by atoms with Crippen LogP contribution in [0.15, 0.2) is 53.0 Å². The predicted octanol–water partition coefficient (Wildman–Crippen LogP) is 1.85. The lowest BCUT2D eigenvalue weighted by atomic mass is 10.2. The highest BCUT2D eigenvalue weighted by atomic mass is 35.5. The van der Waals surface area contributed by atoms with Crippen molar-refractivity contribution >= 4 is 23.8 Å². The number of nitrogens with zero attached hydrogens (tertiary/aromatic N) is 3. The molecule has 25 heavy (non-hydrogen) atoms. The smallest absolute Gasteiger partial charge is 0.209 e. The molecule has 2 aliphatic heterocycles. The van der Waals surface area contributed by atoms with Gasteiger partial charge in [-0.1, -0.05) is 17.7 Å². The fraction of sp³-hybridized carbons (Fsp3) is 0.333. The lowest BCUT2D eigenvalue weighted by molar-refractivity contribution is -0.118. The molecular formula is C18H20ClN5O. The van der Waals surface area contributed by atoms with E-state index in [1.54, 1.807) is 4.90 Å². The van der Waals surface area contributed by atoms with Gasteiger partial charge in [0.1, 0.15) is 12.0 Å². The molecule has 1 atom stereocenters. The molecule has 0 bridgehead atoms. The van der Waals surface area contributed by atoms with Gasteiger partial charge in [0.25, 0.3) is 0 Å². The van der Waals surface area contributed by atoms with Gasteiger partial charge in [0, 0.05) is 55.1 Å². The molecule has 0 saturated carbocycles. The minimum atomic E-state index is 0.0217. The molecule has 0 spiro atoms. The molecule has 1 aliphatic carbocycles. The Morgan fingerprint density at radius 3 is 2.72 bits per heavy atom. The molecule has 1 saturated heterocycles. The van der Waals surface area contributed by atoms with E-state index in [1.165, 1.54) is 0 Å². The minimum absolute atomic E-state index is 0.0217. The molecule has 3 aliphatic rings. The summed E-state index contributed by atoms with van der Waals surface area (Å²) in [4.78, 5) is 19.4. The van der Waals surface area contributed by atoms with Gasteiger partial charge in [0.05, 0.1) is 5.70 Å². The van der Waals surface area contributed by atoms with Crippen LogP contribution in [-0.4, -0.2) is 42.5 Å². The van der Waals surface area contributed by atoms with Crippen LogP contribution < -0.4 is 15.5 Å². The first-order valence-corrected chi connectivity index (χ1v) is 8.81. The summed E-state index contributed by atoms with van der Waals surface area (Å²) in [6.07, 6.45) is 9.54. The zero-order valence-corrected chi connectivity index (χ0v) is 14.5. The van der Waals surface area contributed by atoms with Crippen molar-refractivity contribution in [3.63, 3.8) is 0 Å². The van der Waals surface area contributed by atoms with Crippen molar-refractivity contribution in [3.05, 3.63) is 58.5 Å². The van der Waals surface area contributed by atoms with Crippen molar-refractivity contribution in [2.75, 3.05) is 31.1 Å². The van der Waals surface area contributed by atoms with E-state index in [1.807, 2.05) is 30.5 Å². The van der Waals surface area contributed by atoms with Crippen molar-refractivity contribution in [3.8, 4) is 0 Å². The largest absolute Gasteiger partial charge is 0.363 e. The topological polar surface area (TPSA) is 60.5 Å². The van der Waals surface area contributed by atoms with Crippen molar-refractivity contribution in [1.82, 2.24) is 20.5 Å². The Kier molecular flexibility index (Phi) is 4.36. The van der Waals surface area contributed by atoms with E-state index in [0.29, 0.717) is 0 Å². The summed E-state index contributed by atoms with van der Waals surface area (Å²) in [6.45, 7) is 3.13. The van der Waals surface area contributed by atoms with Crippen LogP contribution in [0.4, 0.5) is 5.82 Å². The van der Waals surface area contributed by atoms with E-state index < -0.39 is 0 Å². The molecule has 130 valence electrons. The number of aromatic nitrogens is 1. The molecule has 4 rings (SSSR count). The molecule has 7 heteroatoms. The summed E-state index contributed by atoms with van der Waals surface area (Å²) in [5.74, 6) is 0.955. The van der Waals surface area contributed by atoms with E-state index in [4.69, 9.17) is 11.6 Å². The maximum atomic E-state index is 10.8. The van der Waals surface area contributed by atoms with Crippen LogP contribution >= 0.6 is 11.6 Å². The second-order valence-corrected chi connectivity index (χ2v) is 6.75. The third kappa shape index (κ3) is 3.35. The Morgan fingerprint density at radius 2 is 2.00 bits per heavy atom. The first kappa shape index (κ1) is 16.0.